The molecule has 82 valence electrons. The molecular weight excluding hydrogens is 212 g/mol. The fourth-order valence-electron chi connectivity index (χ4n) is 2.03. The van der Waals surface area contributed by atoms with Gasteiger partial charge in [0.2, 0.25) is 0 Å². The molecule has 1 N–H and O–H groups in total. The Labute approximate surface area is 94.8 Å². The van der Waals surface area contributed by atoms with E-state index in [2.05, 4.69) is 0 Å². The first kappa shape index (κ1) is 10.8. The van der Waals surface area contributed by atoms with Crippen molar-refractivity contribution in [1.82, 2.24) is 0 Å². The van der Waals surface area contributed by atoms with E-state index in [9.17, 15) is 5.11 Å². The van der Waals surface area contributed by atoms with E-state index in [-0.39, 0.29) is 0 Å². The SMILES string of the molecule is COc1cc(C)c(Cl)c(C)c1C1(O)CC1. The van der Waals surface area contributed by atoms with E-state index in [1.54, 1.807) is 7.11 Å². The fraction of sp³-hybridized carbons (Fsp3) is 0.500. The summed E-state index contributed by atoms with van der Waals surface area (Å²) in [7, 11) is 1.62. The molecule has 0 radical (unpaired) electrons. The van der Waals surface area contributed by atoms with Gasteiger partial charge in [0.05, 0.1) is 12.7 Å². The van der Waals surface area contributed by atoms with Crippen molar-refractivity contribution >= 4 is 11.6 Å². The molecule has 1 aliphatic carbocycles. The van der Waals surface area contributed by atoms with E-state index in [0.717, 1.165) is 40.3 Å². The summed E-state index contributed by atoms with van der Waals surface area (Å²) in [5.74, 6) is 0.745. The summed E-state index contributed by atoms with van der Waals surface area (Å²) in [5, 5.41) is 10.9. The molecule has 1 saturated carbocycles. The van der Waals surface area contributed by atoms with E-state index in [1.807, 2.05) is 19.9 Å². The number of aliphatic hydroxyl groups is 1. The van der Waals surface area contributed by atoms with Crippen LogP contribution in [0.25, 0.3) is 0 Å². The number of halogens is 1. The molecule has 2 rings (SSSR count). The van der Waals surface area contributed by atoms with Crippen molar-refractivity contribution in [3.63, 3.8) is 0 Å². The lowest BCUT2D eigenvalue weighted by Gasteiger charge is -2.18. The number of rotatable bonds is 2. The first-order valence-electron chi connectivity index (χ1n) is 5.06. The van der Waals surface area contributed by atoms with Crippen molar-refractivity contribution in [2.24, 2.45) is 0 Å². The van der Waals surface area contributed by atoms with Crippen LogP contribution in [0.3, 0.4) is 0 Å². The number of hydrogen-bond donors (Lipinski definition) is 1. The second-order valence-electron chi connectivity index (χ2n) is 4.24. The Morgan fingerprint density at radius 3 is 2.47 bits per heavy atom. The minimum Gasteiger partial charge on any atom is -0.496 e. The highest BCUT2D eigenvalue weighted by Gasteiger charge is 2.45. The molecule has 3 heteroatoms. The van der Waals surface area contributed by atoms with Crippen molar-refractivity contribution in [3.05, 3.63) is 27.8 Å². The fourth-order valence-corrected chi connectivity index (χ4v) is 2.18. The highest BCUT2D eigenvalue weighted by molar-refractivity contribution is 6.32. The molecule has 2 nitrogen and oxygen atoms in total. The summed E-state index contributed by atoms with van der Waals surface area (Å²) >= 11 is 6.18. The minimum absolute atomic E-state index is 0.702. The molecule has 1 aromatic carbocycles. The van der Waals surface area contributed by atoms with E-state index < -0.39 is 5.60 Å². The number of aryl methyl sites for hydroxylation is 1. The third-order valence-corrected chi connectivity index (χ3v) is 3.63. The molecule has 0 unspecified atom stereocenters. The summed E-state index contributed by atoms with van der Waals surface area (Å²) in [6, 6.07) is 1.89. The van der Waals surface area contributed by atoms with Crippen molar-refractivity contribution in [3.8, 4) is 5.75 Å². The number of hydrogen-bond acceptors (Lipinski definition) is 2. The molecule has 0 aromatic heterocycles. The zero-order chi connectivity index (χ0) is 11.2. The average molecular weight is 227 g/mol. The smallest absolute Gasteiger partial charge is 0.125 e. The van der Waals surface area contributed by atoms with E-state index in [1.165, 1.54) is 0 Å². The molecule has 0 heterocycles. The Balaban J connectivity index is 2.65. The van der Waals surface area contributed by atoms with Crippen LogP contribution in [-0.4, -0.2) is 12.2 Å². The zero-order valence-corrected chi connectivity index (χ0v) is 9.98. The molecule has 0 amide bonds. The first-order chi connectivity index (χ1) is 6.99. The van der Waals surface area contributed by atoms with E-state index in [4.69, 9.17) is 16.3 Å². The minimum atomic E-state index is -0.702. The third kappa shape index (κ3) is 1.62. The van der Waals surface area contributed by atoms with Crippen LogP contribution >= 0.6 is 11.6 Å². The Morgan fingerprint density at radius 2 is 2.00 bits per heavy atom. The van der Waals surface area contributed by atoms with Crippen LogP contribution in [0.2, 0.25) is 5.02 Å². The molecule has 1 fully saturated rings. The van der Waals surface area contributed by atoms with Crippen LogP contribution in [-0.2, 0) is 5.60 Å². The van der Waals surface area contributed by atoms with Gasteiger partial charge < -0.3 is 9.84 Å². The number of benzene rings is 1. The lowest BCUT2D eigenvalue weighted by Crippen LogP contribution is -2.10. The maximum absolute atomic E-state index is 10.2. The Bertz CT molecular complexity index is 409. The van der Waals surface area contributed by atoms with Gasteiger partial charge in [-0.3, -0.25) is 0 Å². The number of ether oxygens (including phenoxy) is 1. The predicted octanol–water partition coefficient (Wildman–Crippen LogP) is 2.95. The molecule has 1 aliphatic rings. The van der Waals surface area contributed by atoms with Gasteiger partial charge in [-0.05, 0) is 43.9 Å². The second kappa shape index (κ2) is 3.39. The normalized spacial score (nSPS) is 17.7. The molecule has 0 atom stereocenters. The maximum atomic E-state index is 10.2. The van der Waals surface area contributed by atoms with Crippen molar-refractivity contribution in [2.75, 3.05) is 7.11 Å². The molecule has 0 aliphatic heterocycles. The largest absolute Gasteiger partial charge is 0.496 e. The standard InChI is InChI=1S/C12H15ClO2/c1-7-6-9(15-3)10(8(2)11(7)13)12(14)4-5-12/h6,14H,4-5H2,1-3H3. The van der Waals surface area contributed by atoms with Gasteiger partial charge in [-0.2, -0.15) is 0 Å². The third-order valence-electron chi connectivity index (χ3n) is 3.05. The summed E-state index contributed by atoms with van der Waals surface area (Å²) in [5.41, 5.74) is 2.08. The lowest BCUT2D eigenvalue weighted by molar-refractivity contribution is 0.146. The van der Waals surface area contributed by atoms with Crippen molar-refractivity contribution < 1.29 is 9.84 Å². The van der Waals surface area contributed by atoms with E-state index in [0.29, 0.717) is 0 Å². The Kier molecular flexibility index (Phi) is 2.44. The van der Waals surface area contributed by atoms with Crippen LogP contribution in [0.5, 0.6) is 5.75 Å². The number of methoxy groups -OCH3 is 1. The van der Waals surface area contributed by atoms with Gasteiger partial charge in [-0.1, -0.05) is 11.6 Å². The van der Waals surface area contributed by atoms with Crippen LogP contribution in [0.15, 0.2) is 6.07 Å². The van der Waals surface area contributed by atoms with Gasteiger partial charge in [0.1, 0.15) is 5.75 Å². The van der Waals surface area contributed by atoms with Crippen LogP contribution in [0.4, 0.5) is 0 Å². The van der Waals surface area contributed by atoms with Crippen LogP contribution in [0, 0.1) is 13.8 Å². The molecule has 0 spiro atoms. The molecule has 15 heavy (non-hydrogen) atoms. The highest BCUT2D eigenvalue weighted by atomic mass is 35.5. The summed E-state index contributed by atoms with van der Waals surface area (Å²) < 4.78 is 5.31. The maximum Gasteiger partial charge on any atom is 0.125 e. The van der Waals surface area contributed by atoms with Crippen LogP contribution in [0.1, 0.15) is 29.5 Å². The van der Waals surface area contributed by atoms with Gasteiger partial charge >= 0.3 is 0 Å². The second-order valence-corrected chi connectivity index (χ2v) is 4.62. The Hall–Kier alpha value is -0.730. The van der Waals surface area contributed by atoms with Crippen molar-refractivity contribution in [2.45, 2.75) is 32.3 Å². The summed E-state index contributed by atoms with van der Waals surface area (Å²) in [4.78, 5) is 0. The molecule has 0 saturated heterocycles. The predicted molar refractivity (Wildman–Crippen MR) is 60.6 cm³/mol. The van der Waals surface area contributed by atoms with Crippen LogP contribution < -0.4 is 4.74 Å². The van der Waals surface area contributed by atoms with Gasteiger partial charge in [0, 0.05) is 10.6 Å². The molecule has 1 aromatic rings. The van der Waals surface area contributed by atoms with Gasteiger partial charge in [0.15, 0.2) is 0 Å². The summed E-state index contributed by atoms with van der Waals surface area (Å²) in [6.45, 7) is 3.88. The monoisotopic (exact) mass is 226 g/mol. The molecular formula is C12H15ClO2. The van der Waals surface area contributed by atoms with E-state index >= 15 is 0 Å². The average Bonchev–Trinajstić information content (AvgIpc) is 2.92. The molecule has 0 bridgehead atoms. The highest BCUT2D eigenvalue weighted by Crippen LogP contribution is 2.51. The zero-order valence-electron chi connectivity index (χ0n) is 9.22. The quantitative estimate of drug-likeness (QED) is 0.840. The first-order valence-corrected chi connectivity index (χ1v) is 5.44. The van der Waals surface area contributed by atoms with Gasteiger partial charge in [0.25, 0.3) is 0 Å². The Morgan fingerprint density at radius 1 is 1.40 bits per heavy atom. The summed E-state index contributed by atoms with van der Waals surface area (Å²) in [6.07, 6.45) is 1.59. The lowest BCUT2D eigenvalue weighted by atomic mass is 9.98. The van der Waals surface area contributed by atoms with Gasteiger partial charge in [-0.15, -0.1) is 0 Å². The topological polar surface area (TPSA) is 29.5 Å². The van der Waals surface area contributed by atoms with Gasteiger partial charge in [-0.25, -0.2) is 0 Å². The van der Waals surface area contributed by atoms with Crippen molar-refractivity contribution in [1.29, 1.82) is 0 Å².